The first-order chi connectivity index (χ1) is 13.7. The Morgan fingerprint density at radius 2 is 1.57 bits per heavy atom. The maximum atomic E-state index is 4.88. The predicted molar refractivity (Wildman–Crippen MR) is 117 cm³/mol. The molecule has 1 aliphatic carbocycles. The Morgan fingerprint density at radius 3 is 2.29 bits per heavy atom. The fraction of sp³-hybridized carbons (Fsp3) is 0.565. The molecule has 0 amide bonds. The smallest absolute Gasteiger partial charge is 0.225 e. The topological polar surface area (TPSA) is 44.3 Å². The molecule has 28 heavy (non-hydrogen) atoms. The number of piperazine rings is 1. The van der Waals surface area contributed by atoms with Gasteiger partial charge in [0, 0.05) is 49.7 Å². The van der Waals surface area contributed by atoms with Crippen LogP contribution in [0, 0.1) is 13.8 Å². The molecule has 2 aromatic rings. The largest absolute Gasteiger partial charge is 0.368 e. The highest BCUT2D eigenvalue weighted by atomic mass is 15.3. The second-order valence-electron chi connectivity index (χ2n) is 8.34. The van der Waals surface area contributed by atoms with Crippen molar-refractivity contribution in [2.75, 3.05) is 41.3 Å². The summed E-state index contributed by atoms with van der Waals surface area (Å²) in [4.78, 5) is 14.4. The van der Waals surface area contributed by atoms with Crippen LogP contribution >= 0.6 is 0 Å². The van der Waals surface area contributed by atoms with Gasteiger partial charge in [-0.2, -0.15) is 4.98 Å². The third-order valence-electron chi connectivity index (χ3n) is 6.00. The highest BCUT2D eigenvalue weighted by molar-refractivity contribution is 5.52. The van der Waals surface area contributed by atoms with Gasteiger partial charge >= 0.3 is 0 Å². The Hall–Kier alpha value is -2.30. The van der Waals surface area contributed by atoms with Crippen LogP contribution in [0.4, 0.5) is 17.5 Å². The molecule has 1 saturated carbocycles. The minimum atomic E-state index is 0.523. The third kappa shape index (κ3) is 4.75. The van der Waals surface area contributed by atoms with Crippen LogP contribution < -0.4 is 15.1 Å². The van der Waals surface area contributed by atoms with E-state index in [1.807, 2.05) is 0 Å². The molecule has 5 nitrogen and oxygen atoms in total. The molecule has 0 bridgehead atoms. The van der Waals surface area contributed by atoms with E-state index in [0.717, 1.165) is 43.6 Å². The third-order valence-corrected chi connectivity index (χ3v) is 6.00. The SMILES string of the molecule is Cc1cccc(N2CCN(c3cc(C)nc(NC4CCCCCC4)n3)CC2)c1. The van der Waals surface area contributed by atoms with Crippen molar-refractivity contribution in [2.45, 2.75) is 58.4 Å². The molecular weight excluding hydrogens is 346 g/mol. The fourth-order valence-corrected chi connectivity index (χ4v) is 4.40. The molecule has 0 atom stereocenters. The molecule has 0 spiro atoms. The van der Waals surface area contributed by atoms with Crippen molar-refractivity contribution < 1.29 is 0 Å². The molecule has 2 aliphatic rings. The van der Waals surface area contributed by atoms with E-state index in [4.69, 9.17) is 4.98 Å². The van der Waals surface area contributed by atoms with E-state index < -0.39 is 0 Å². The van der Waals surface area contributed by atoms with Gasteiger partial charge in [-0.3, -0.25) is 0 Å². The van der Waals surface area contributed by atoms with Gasteiger partial charge in [-0.25, -0.2) is 4.98 Å². The molecule has 1 aromatic carbocycles. The van der Waals surface area contributed by atoms with Crippen LogP contribution in [0.5, 0.6) is 0 Å². The van der Waals surface area contributed by atoms with E-state index in [0.29, 0.717) is 6.04 Å². The Morgan fingerprint density at radius 1 is 0.857 bits per heavy atom. The summed E-state index contributed by atoms with van der Waals surface area (Å²) >= 11 is 0. The average molecular weight is 380 g/mol. The zero-order valence-corrected chi connectivity index (χ0v) is 17.3. The van der Waals surface area contributed by atoms with Crippen molar-refractivity contribution in [1.82, 2.24) is 9.97 Å². The Kier molecular flexibility index (Phi) is 5.98. The number of anilines is 3. The number of hydrogen-bond donors (Lipinski definition) is 1. The number of nitrogens with zero attached hydrogens (tertiary/aromatic N) is 4. The van der Waals surface area contributed by atoms with Gasteiger partial charge in [-0.05, 0) is 44.4 Å². The van der Waals surface area contributed by atoms with Crippen LogP contribution in [-0.4, -0.2) is 42.2 Å². The first-order valence-electron chi connectivity index (χ1n) is 10.9. The lowest BCUT2D eigenvalue weighted by atomic mass is 10.1. The highest BCUT2D eigenvalue weighted by Gasteiger charge is 2.20. The van der Waals surface area contributed by atoms with Crippen LogP contribution in [-0.2, 0) is 0 Å². The number of hydrogen-bond acceptors (Lipinski definition) is 5. The molecule has 1 saturated heterocycles. The Labute approximate surface area is 169 Å². The highest BCUT2D eigenvalue weighted by Crippen LogP contribution is 2.23. The van der Waals surface area contributed by atoms with Crippen LogP contribution in [0.25, 0.3) is 0 Å². The molecule has 150 valence electrons. The molecule has 0 unspecified atom stereocenters. The summed E-state index contributed by atoms with van der Waals surface area (Å²) in [5.41, 5.74) is 3.69. The van der Waals surface area contributed by atoms with Gasteiger partial charge in [-0.1, -0.05) is 37.8 Å². The first kappa shape index (κ1) is 19.0. The normalized spacial score (nSPS) is 18.8. The van der Waals surface area contributed by atoms with E-state index >= 15 is 0 Å². The van der Waals surface area contributed by atoms with Gasteiger partial charge in [0.25, 0.3) is 0 Å². The lowest BCUT2D eigenvalue weighted by molar-refractivity contribution is 0.612. The molecule has 5 heteroatoms. The lowest BCUT2D eigenvalue weighted by Crippen LogP contribution is -2.47. The maximum Gasteiger partial charge on any atom is 0.225 e. The van der Waals surface area contributed by atoms with E-state index in [9.17, 15) is 0 Å². The second-order valence-corrected chi connectivity index (χ2v) is 8.34. The molecule has 2 fully saturated rings. The van der Waals surface area contributed by atoms with Crippen molar-refractivity contribution in [3.05, 3.63) is 41.6 Å². The number of aromatic nitrogens is 2. The van der Waals surface area contributed by atoms with E-state index in [1.165, 1.54) is 49.8 Å². The second kappa shape index (κ2) is 8.80. The number of nitrogens with one attached hydrogen (secondary N) is 1. The minimum Gasteiger partial charge on any atom is -0.368 e. The average Bonchev–Trinajstić information content (AvgIpc) is 2.96. The summed E-state index contributed by atoms with van der Waals surface area (Å²) in [5.74, 6) is 1.87. The number of aryl methyl sites for hydroxylation is 2. The standard InChI is InChI=1S/C23H33N5/c1-18-8-7-11-21(16-18)27-12-14-28(15-13-27)22-17-19(2)24-23(26-22)25-20-9-5-3-4-6-10-20/h7-8,11,16-17,20H,3-6,9-10,12-15H2,1-2H3,(H,24,25,26). The number of benzene rings is 1. The van der Waals surface area contributed by atoms with E-state index in [-0.39, 0.29) is 0 Å². The van der Waals surface area contributed by atoms with Crippen LogP contribution in [0.2, 0.25) is 0 Å². The maximum absolute atomic E-state index is 4.88. The van der Waals surface area contributed by atoms with Crippen molar-refractivity contribution >= 4 is 17.5 Å². The van der Waals surface area contributed by atoms with Gasteiger partial charge < -0.3 is 15.1 Å². The molecule has 4 rings (SSSR count). The molecule has 2 heterocycles. The van der Waals surface area contributed by atoms with E-state index in [1.54, 1.807) is 0 Å². The minimum absolute atomic E-state index is 0.523. The zero-order chi connectivity index (χ0) is 19.3. The molecule has 1 aromatic heterocycles. The summed E-state index contributed by atoms with van der Waals surface area (Å²) in [7, 11) is 0. The van der Waals surface area contributed by atoms with Gasteiger partial charge in [-0.15, -0.1) is 0 Å². The number of rotatable bonds is 4. The summed E-state index contributed by atoms with van der Waals surface area (Å²) in [6.45, 7) is 8.27. The van der Waals surface area contributed by atoms with Crippen LogP contribution in [0.1, 0.15) is 49.8 Å². The summed E-state index contributed by atoms with van der Waals surface area (Å²) in [6.07, 6.45) is 7.84. The summed E-state index contributed by atoms with van der Waals surface area (Å²) in [6, 6.07) is 11.4. The van der Waals surface area contributed by atoms with Gasteiger partial charge in [0.1, 0.15) is 5.82 Å². The predicted octanol–water partition coefficient (Wildman–Crippen LogP) is 4.55. The van der Waals surface area contributed by atoms with Crippen LogP contribution in [0.3, 0.4) is 0 Å². The zero-order valence-electron chi connectivity index (χ0n) is 17.3. The monoisotopic (exact) mass is 379 g/mol. The molecule has 1 N–H and O–H groups in total. The van der Waals surface area contributed by atoms with Gasteiger partial charge in [0.15, 0.2) is 0 Å². The molecule has 1 aliphatic heterocycles. The molecular formula is C23H33N5. The van der Waals surface area contributed by atoms with E-state index in [2.05, 4.69) is 64.3 Å². The van der Waals surface area contributed by atoms with Gasteiger partial charge in [0.05, 0.1) is 0 Å². The van der Waals surface area contributed by atoms with Crippen molar-refractivity contribution in [3.63, 3.8) is 0 Å². The van der Waals surface area contributed by atoms with Crippen molar-refractivity contribution in [3.8, 4) is 0 Å². The first-order valence-corrected chi connectivity index (χ1v) is 10.9. The quantitative estimate of drug-likeness (QED) is 0.789. The summed E-state index contributed by atoms with van der Waals surface area (Å²) < 4.78 is 0. The van der Waals surface area contributed by atoms with Gasteiger partial charge in [0.2, 0.25) is 5.95 Å². The lowest BCUT2D eigenvalue weighted by Gasteiger charge is -2.37. The van der Waals surface area contributed by atoms with Crippen LogP contribution in [0.15, 0.2) is 30.3 Å². The summed E-state index contributed by atoms with van der Waals surface area (Å²) in [5, 5.41) is 3.62. The fourth-order valence-electron chi connectivity index (χ4n) is 4.40. The van der Waals surface area contributed by atoms with Crippen molar-refractivity contribution in [1.29, 1.82) is 0 Å². The van der Waals surface area contributed by atoms with Crippen molar-refractivity contribution in [2.24, 2.45) is 0 Å². The molecule has 0 radical (unpaired) electrons. The Balaban J connectivity index is 1.41. The Bertz CT molecular complexity index is 774.